The van der Waals surface area contributed by atoms with E-state index in [9.17, 15) is 4.79 Å². The largest absolute Gasteiger partial charge is 0.481 e. The smallest absolute Gasteiger partial charge is 0.303 e. The second kappa shape index (κ2) is 5.41. The highest BCUT2D eigenvalue weighted by Crippen LogP contribution is 2.49. The third-order valence-electron chi connectivity index (χ3n) is 3.43. The lowest BCUT2D eigenvalue weighted by Crippen LogP contribution is -2.28. The van der Waals surface area contributed by atoms with Gasteiger partial charge in [0.1, 0.15) is 0 Å². The quantitative estimate of drug-likeness (QED) is 0.877. The van der Waals surface area contributed by atoms with E-state index in [2.05, 4.69) is 40.0 Å². The van der Waals surface area contributed by atoms with Gasteiger partial charge in [-0.05, 0) is 43.0 Å². The summed E-state index contributed by atoms with van der Waals surface area (Å²) in [5.74, 6) is -0.677. The topological polar surface area (TPSA) is 40.5 Å². The fourth-order valence-electron chi connectivity index (χ4n) is 2.46. The molecule has 0 aromatic heterocycles. The molecule has 1 aliphatic rings. The molecule has 0 spiro atoms. The van der Waals surface area contributed by atoms with Crippen LogP contribution in [0.25, 0.3) is 0 Å². The summed E-state index contributed by atoms with van der Waals surface area (Å²) in [5.41, 5.74) is 1.28. The van der Waals surface area contributed by atoms with Crippen molar-refractivity contribution in [1.82, 2.24) is 4.90 Å². The predicted octanol–water partition coefficient (Wildman–Crippen LogP) is 3.14. The lowest BCUT2D eigenvalue weighted by molar-refractivity contribution is -0.138. The van der Waals surface area contributed by atoms with Crippen molar-refractivity contribution in [1.29, 1.82) is 0 Å². The van der Waals surface area contributed by atoms with E-state index in [4.69, 9.17) is 5.11 Å². The molecule has 2 rings (SSSR count). The number of aliphatic carboxylic acids is 1. The fraction of sp³-hybridized carbons (Fsp3) is 0.500. The first-order chi connectivity index (χ1) is 8.49. The number of hydrogen-bond donors (Lipinski definition) is 1. The Kier molecular flexibility index (Phi) is 4.07. The van der Waals surface area contributed by atoms with Crippen molar-refractivity contribution in [2.75, 3.05) is 13.6 Å². The zero-order valence-corrected chi connectivity index (χ0v) is 12.1. The molecule has 0 heterocycles. The number of nitrogens with zero attached hydrogens (tertiary/aromatic N) is 1. The van der Waals surface area contributed by atoms with E-state index in [0.717, 1.165) is 30.4 Å². The van der Waals surface area contributed by atoms with E-state index in [1.165, 1.54) is 5.56 Å². The molecule has 0 unspecified atom stereocenters. The van der Waals surface area contributed by atoms with Crippen LogP contribution in [0, 0.1) is 5.41 Å². The molecule has 0 bridgehead atoms. The number of carboxylic acids is 1. The summed E-state index contributed by atoms with van der Waals surface area (Å²) < 4.78 is 1.08. The first kappa shape index (κ1) is 13.6. The second-order valence-corrected chi connectivity index (χ2v) is 6.29. The number of benzene rings is 1. The molecule has 4 heteroatoms. The summed E-state index contributed by atoms with van der Waals surface area (Å²) in [6.45, 7) is 1.73. The molecule has 0 amide bonds. The minimum atomic E-state index is -0.677. The fourth-order valence-corrected chi connectivity index (χ4v) is 2.91. The first-order valence-electron chi connectivity index (χ1n) is 6.14. The summed E-state index contributed by atoms with van der Waals surface area (Å²) in [6.07, 6.45) is 2.39. The molecule has 3 nitrogen and oxygen atoms in total. The van der Waals surface area contributed by atoms with Crippen molar-refractivity contribution >= 4 is 21.9 Å². The van der Waals surface area contributed by atoms with Crippen LogP contribution in [0.5, 0.6) is 0 Å². The summed E-state index contributed by atoms with van der Waals surface area (Å²) in [7, 11) is 2.06. The van der Waals surface area contributed by atoms with Crippen LogP contribution in [0.2, 0.25) is 0 Å². The third kappa shape index (κ3) is 3.82. The van der Waals surface area contributed by atoms with Gasteiger partial charge >= 0.3 is 5.97 Å². The highest BCUT2D eigenvalue weighted by atomic mass is 79.9. The summed E-state index contributed by atoms with van der Waals surface area (Å²) in [5, 5.41) is 8.90. The number of carbonyl (C=O) groups is 1. The molecule has 1 N–H and O–H groups in total. The first-order valence-corrected chi connectivity index (χ1v) is 6.93. The standard InChI is InChI=1S/C14H18BrNO2/c1-16(9-11-3-2-4-12(15)7-11)10-14(5-6-14)8-13(17)18/h2-4,7H,5-6,8-10H2,1H3,(H,17,18). The molecule has 1 aromatic carbocycles. The molecular weight excluding hydrogens is 294 g/mol. The molecular formula is C14H18BrNO2. The Morgan fingerprint density at radius 1 is 1.50 bits per heavy atom. The van der Waals surface area contributed by atoms with Gasteiger partial charge < -0.3 is 10.0 Å². The van der Waals surface area contributed by atoms with E-state index in [-0.39, 0.29) is 5.41 Å². The average molecular weight is 312 g/mol. The highest BCUT2D eigenvalue weighted by Gasteiger charge is 2.44. The summed E-state index contributed by atoms with van der Waals surface area (Å²) in [6, 6.07) is 8.24. The van der Waals surface area contributed by atoms with Crippen molar-refractivity contribution in [2.24, 2.45) is 5.41 Å². The van der Waals surface area contributed by atoms with Crippen molar-refractivity contribution in [3.05, 3.63) is 34.3 Å². The van der Waals surface area contributed by atoms with Crippen molar-refractivity contribution in [3.63, 3.8) is 0 Å². The maximum atomic E-state index is 10.8. The van der Waals surface area contributed by atoms with Crippen LogP contribution in [0.4, 0.5) is 0 Å². The van der Waals surface area contributed by atoms with E-state index in [0.29, 0.717) is 6.42 Å². The Hall–Kier alpha value is -0.870. The lowest BCUT2D eigenvalue weighted by atomic mass is 10.0. The van der Waals surface area contributed by atoms with Crippen molar-refractivity contribution in [2.45, 2.75) is 25.8 Å². The molecule has 0 atom stereocenters. The Labute approximate surface area is 116 Å². The lowest BCUT2D eigenvalue weighted by Gasteiger charge is -2.22. The molecule has 0 saturated heterocycles. The molecule has 18 heavy (non-hydrogen) atoms. The number of carboxylic acid groups (broad SMARTS) is 1. The molecule has 1 aliphatic carbocycles. The van der Waals surface area contributed by atoms with Crippen LogP contribution in [-0.4, -0.2) is 29.6 Å². The zero-order chi connectivity index (χ0) is 13.2. The van der Waals surface area contributed by atoms with Crippen LogP contribution in [0.15, 0.2) is 28.7 Å². The van der Waals surface area contributed by atoms with Gasteiger partial charge in [-0.2, -0.15) is 0 Å². The van der Waals surface area contributed by atoms with Gasteiger partial charge in [0, 0.05) is 17.6 Å². The number of hydrogen-bond acceptors (Lipinski definition) is 2. The van der Waals surface area contributed by atoms with Gasteiger partial charge in [0.25, 0.3) is 0 Å². The SMILES string of the molecule is CN(Cc1cccc(Br)c1)CC1(CC(=O)O)CC1. The zero-order valence-electron chi connectivity index (χ0n) is 10.5. The molecule has 0 radical (unpaired) electrons. The van der Waals surface area contributed by atoms with E-state index in [1.807, 2.05) is 12.1 Å². The Balaban J connectivity index is 1.89. The van der Waals surface area contributed by atoms with E-state index >= 15 is 0 Å². The van der Waals surface area contributed by atoms with Crippen molar-refractivity contribution < 1.29 is 9.90 Å². The van der Waals surface area contributed by atoms with Crippen LogP contribution in [0.3, 0.4) is 0 Å². The Bertz CT molecular complexity index is 443. The molecule has 98 valence electrons. The van der Waals surface area contributed by atoms with Crippen molar-refractivity contribution in [3.8, 4) is 0 Å². The monoisotopic (exact) mass is 311 g/mol. The molecule has 0 aliphatic heterocycles. The van der Waals surface area contributed by atoms with E-state index in [1.54, 1.807) is 0 Å². The minimum Gasteiger partial charge on any atom is -0.481 e. The summed E-state index contributed by atoms with van der Waals surface area (Å²) >= 11 is 3.46. The van der Waals surface area contributed by atoms with Gasteiger partial charge in [0.05, 0.1) is 6.42 Å². The van der Waals surface area contributed by atoms with Gasteiger partial charge in [0.2, 0.25) is 0 Å². The Morgan fingerprint density at radius 2 is 2.22 bits per heavy atom. The van der Waals surface area contributed by atoms with Crippen LogP contribution >= 0.6 is 15.9 Å². The van der Waals surface area contributed by atoms with Gasteiger partial charge in [-0.3, -0.25) is 4.79 Å². The van der Waals surface area contributed by atoms with Crippen LogP contribution in [-0.2, 0) is 11.3 Å². The predicted molar refractivity (Wildman–Crippen MR) is 74.4 cm³/mol. The van der Waals surface area contributed by atoms with Gasteiger partial charge in [0.15, 0.2) is 0 Å². The van der Waals surface area contributed by atoms with Gasteiger partial charge in [-0.15, -0.1) is 0 Å². The Morgan fingerprint density at radius 3 is 2.78 bits per heavy atom. The molecule has 1 saturated carbocycles. The highest BCUT2D eigenvalue weighted by molar-refractivity contribution is 9.10. The average Bonchev–Trinajstić information content (AvgIpc) is 2.95. The summed E-state index contributed by atoms with van der Waals surface area (Å²) in [4.78, 5) is 13.0. The maximum absolute atomic E-state index is 10.8. The van der Waals surface area contributed by atoms with Crippen LogP contribution in [0.1, 0.15) is 24.8 Å². The molecule has 1 aromatic rings. The molecule has 1 fully saturated rings. The number of rotatable bonds is 6. The second-order valence-electron chi connectivity index (χ2n) is 5.37. The normalized spacial score (nSPS) is 16.8. The minimum absolute atomic E-state index is 0.0343. The van der Waals surface area contributed by atoms with Gasteiger partial charge in [-0.25, -0.2) is 0 Å². The third-order valence-corrected chi connectivity index (χ3v) is 3.92. The van der Waals surface area contributed by atoms with Crippen LogP contribution < -0.4 is 0 Å². The van der Waals surface area contributed by atoms with Gasteiger partial charge in [-0.1, -0.05) is 28.1 Å². The maximum Gasteiger partial charge on any atom is 0.303 e. The van der Waals surface area contributed by atoms with E-state index < -0.39 is 5.97 Å². The number of halogens is 1.